The van der Waals surface area contributed by atoms with Crippen LogP contribution in [0.4, 0.5) is 11.5 Å². The minimum atomic E-state index is -0.387. The summed E-state index contributed by atoms with van der Waals surface area (Å²) in [6.45, 7) is 4.16. The first-order valence-corrected chi connectivity index (χ1v) is 7.07. The van der Waals surface area contributed by atoms with Crippen molar-refractivity contribution in [1.82, 2.24) is 4.98 Å². The summed E-state index contributed by atoms with van der Waals surface area (Å²) in [6.07, 6.45) is 3.61. The first kappa shape index (κ1) is 14.2. The second-order valence-corrected chi connectivity index (χ2v) is 5.31. The number of rotatable bonds is 4. The van der Waals surface area contributed by atoms with Crippen LogP contribution in [-0.2, 0) is 4.74 Å². The molecule has 6 nitrogen and oxygen atoms in total. The zero-order chi connectivity index (χ0) is 13.8. The molecule has 104 valence electrons. The van der Waals surface area contributed by atoms with Gasteiger partial charge in [-0.2, -0.15) is 0 Å². The molecule has 0 aromatic carbocycles. The average molecular weight is 330 g/mol. The minimum absolute atomic E-state index is 0.0456. The fourth-order valence-corrected chi connectivity index (χ4v) is 2.59. The normalized spacial score (nSPS) is 16.6. The van der Waals surface area contributed by atoms with Crippen LogP contribution in [0.1, 0.15) is 19.8 Å². The summed E-state index contributed by atoms with van der Waals surface area (Å²) in [5, 5.41) is 11.1. The van der Waals surface area contributed by atoms with E-state index >= 15 is 0 Å². The molecule has 1 aromatic rings. The Bertz CT molecular complexity index is 462. The molecule has 2 rings (SSSR count). The Labute approximate surface area is 120 Å². The van der Waals surface area contributed by atoms with Gasteiger partial charge in [0.1, 0.15) is 0 Å². The van der Waals surface area contributed by atoms with Crippen molar-refractivity contribution in [2.75, 3.05) is 24.6 Å². The quantitative estimate of drug-likeness (QED) is 0.627. The zero-order valence-electron chi connectivity index (χ0n) is 10.7. The van der Waals surface area contributed by atoms with E-state index in [1.165, 1.54) is 6.07 Å². The fraction of sp³-hybridized carbons (Fsp3) is 0.583. The van der Waals surface area contributed by atoms with Crippen molar-refractivity contribution in [1.29, 1.82) is 0 Å². The lowest BCUT2D eigenvalue weighted by Gasteiger charge is -2.32. The van der Waals surface area contributed by atoms with Crippen LogP contribution >= 0.6 is 15.9 Å². The maximum Gasteiger partial charge on any atom is 0.312 e. The molecule has 0 amide bonds. The van der Waals surface area contributed by atoms with E-state index in [1.807, 2.05) is 11.8 Å². The Morgan fingerprint density at radius 3 is 2.84 bits per heavy atom. The predicted molar refractivity (Wildman–Crippen MR) is 75.5 cm³/mol. The third kappa shape index (κ3) is 3.42. The first-order chi connectivity index (χ1) is 9.11. The van der Waals surface area contributed by atoms with Crippen molar-refractivity contribution in [2.24, 2.45) is 0 Å². The lowest BCUT2D eigenvalue weighted by Crippen LogP contribution is -2.37. The average Bonchev–Trinajstić information content (AvgIpc) is 2.40. The van der Waals surface area contributed by atoms with Crippen LogP contribution in [0.5, 0.6) is 0 Å². The van der Waals surface area contributed by atoms with Gasteiger partial charge < -0.3 is 9.64 Å². The molecule has 0 unspecified atom stereocenters. The highest BCUT2D eigenvalue weighted by atomic mass is 79.9. The zero-order valence-corrected chi connectivity index (χ0v) is 12.3. The third-order valence-electron chi connectivity index (χ3n) is 3.15. The maximum atomic E-state index is 11.1. The predicted octanol–water partition coefficient (Wildman–Crippen LogP) is 2.76. The van der Waals surface area contributed by atoms with Crippen LogP contribution < -0.4 is 4.90 Å². The molecule has 1 saturated heterocycles. The molecular weight excluding hydrogens is 314 g/mol. The van der Waals surface area contributed by atoms with Crippen LogP contribution in [0.15, 0.2) is 16.7 Å². The number of anilines is 1. The molecule has 7 heteroatoms. The molecule has 19 heavy (non-hydrogen) atoms. The molecule has 1 aliphatic rings. The van der Waals surface area contributed by atoms with Crippen LogP contribution in [0, 0.1) is 10.1 Å². The van der Waals surface area contributed by atoms with Gasteiger partial charge in [0.15, 0.2) is 0 Å². The molecule has 2 heterocycles. The molecule has 1 aliphatic heterocycles. The summed E-state index contributed by atoms with van der Waals surface area (Å²) in [5.74, 6) is 0.447. The Morgan fingerprint density at radius 2 is 2.26 bits per heavy atom. The van der Waals surface area contributed by atoms with Crippen LogP contribution in [0.2, 0.25) is 0 Å². The molecule has 0 atom stereocenters. The van der Waals surface area contributed by atoms with E-state index in [9.17, 15) is 10.1 Å². The van der Waals surface area contributed by atoms with E-state index in [0.717, 1.165) is 25.9 Å². The number of hydrogen-bond acceptors (Lipinski definition) is 5. The summed E-state index contributed by atoms with van der Waals surface area (Å²) < 4.78 is 6.19. The van der Waals surface area contributed by atoms with E-state index < -0.39 is 0 Å². The Kier molecular flexibility index (Phi) is 4.71. The van der Waals surface area contributed by atoms with Gasteiger partial charge in [-0.3, -0.25) is 10.1 Å². The van der Waals surface area contributed by atoms with Crippen molar-refractivity contribution < 1.29 is 9.66 Å². The fourth-order valence-electron chi connectivity index (χ4n) is 2.27. The van der Waals surface area contributed by atoms with Gasteiger partial charge in [0, 0.05) is 36.4 Å². The standard InChI is InChI=1S/C12H16BrN3O3/c1-2-19-10-3-5-15(6-4-10)12-11(16(17)18)7-9(13)8-14-12/h7-8,10H,2-6H2,1H3. The van der Waals surface area contributed by atoms with E-state index in [4.69, 9.17) is 4.74 Å². The van der Waals surface area contributed by atoms with Crippen molar-refractivity contribution in [3.8, 4) is 0 Å². The second kappa shape index (κ2) is 6.29. The molecule has 1 fully saturated rings. The number of pyridine rings is 1. The molecule has 0 spiro atoms. The second-order valence-electron chi connectivity index (χ2n) is 4.40. The van der Waals surface area contributed by atoms with Gasteiger partial charge in [-0.25, -0.2) is 4.98 Å². The van der Waals surface area contributed by atoms with Crippen molar-refractivity contribution in [3.05, 3.63) is 26.9 Å². The van der Waals surface area contributed by atoms with Crippen LogP contribution in [-0.4, -0.2) is 35.7 Å². The Balaban J connectivity index is 2.13. The lowest BCUT2D eigenvalue weighted by molar-refractivity contribution is -0.384. The number of hydrogen-bond donors (Lipinski definition) is 0. The van der Waals surface area contributed by atoms with Gasteiger partial charge >= 0.3 is 5.69 Å². The molecular formula is C12H16BrN3O3. The lowest BCUT2D eigenvalue weighted by atomic mass is 10.1. The van der Waals surface area contributed by atoms with Gasteiger partial charge in [-0.05, 0) is 35.7 Å². The van der Waals surface area contributed by atoms with Crippen molar-refractivity contribution in [3.63, 3.8) is 0 Å². The largest absolute Gasteiger partial charge is 0.378 e. The van der Waals surface area contributed by atoms with E-state index in [2.05, 4.69) is 20.9 Å². The van der Waals surface area contributed by atoms with Crippen molar-refractivity contribution >= 4 is 27.4 Å². The van der Waals surface area contributed by atoms with Gasteiger partial charge in [-0.1, -0.05) is 0 Å². The minimum Gasteiger partial charge on any atom is -0.378 e. The number of nitro groups is 1. The monoisotopic (exact) mass is 329 g/mol. The van der Waals surface area contributed by atoms with Crippen molar-refractivity contribution in [2.45, 2.75) is 25.9 Å². The molecule has 0 radical (unpaired) electrons. The molecule has 0 saturated carbocycles. The highest BCUT2D eigenvalue weighted by Gasteiger charge is 2.26. The Morgan fingerprint density at radius 1 is 1.58 bits per heavy atom. The Hall–Kier alpha value is -1.21. The molecule has 0 aliphatic carbocycles. The first-order valence-electron chi connectivity index (χ1n) is 6.28. The SMILES string of the molecule is CCOC1CCN(c2ncc(Br)cc2[N+](=O)[O-])CC1. The van der Waals surface area contributed by atoms with Gasteiger partial charge in [0.25, 0.3) is 0 Å². The number of piperidine rings is 1. The van der Waals surface area contributed by atoms with Crippen LogP contribution in [0.25, 0.3) is 0 Å². The number of halogens is 1. The van der Waals surface area contributed by atoms with Gasteiger partial charge in [-0.15, -0.1) is 0 Å². The topological polar surface area (TPSA) is 68.5 Å². The van der Waals surface area contributed by atoms with Gasteiger partial charge in [0.05, 0.1) is 11.0 Å². The van der Waals surface area contributed by atoms with E-state index in [0.29, 0.717) is 16.9 Å². The maximum absolute atomic E-state index is 11.1. The summed E-state index contributed by atoms with van der Waals surface area (Å²) in [6, 6.07) is 1.50. The summed E-state index contributed by atoms with van der Waals surface area (Å²) in [5.41, 5.74) is 0.0456. The third-order valence-corrected chi connectivity index (χ3v) is 3.59. The van der Waals surface area contributed by atoms with E-state index in [-0.39, 0.29) is 16.7 Å². The molecule has 0 bridgehead atoms. The molecule has 0 N–H and O–H groups in total. The highest BCUT2D eigenvalue weighted by molar-refractivity contribution is 9.10. The van der Waals surface area contributed by atoms with E-state index in [1.54, 1.807) is 6.20 Å². The smallest absolute Gasteiger partial charge is 0.312 e. The number of aromatic nitrogens is 1. The van der Waals surface area contributed by atoms with Crippen LogP contribution in [0.3, 0.4) is 0 Å². The highest BCUT2D eigenvalue weighted by Crippen LogP contribution is 2.30. The van der Waals surface area contributed by atoms with Gasteiger partial charge in [0.2, 0.25) is 5.82 Å². The summed E-state index contributed by atoms with van der Waals surface area (Å²) in [7, 11) is 0. The summed E-state index contributed by atoms with van der Waals surface area (Å²) in [4.78, 5) is 16.8. The summed E-state index contributed by atoms with van der Waals surface area (Å²) >= 11 is 3.21. The number of nitrogens with zero attached hydrogens (tertiary/aromatic N) is 3. The number of ether oxygens (including phenoxy) is 1. The molecule has 1 aromatic heterocycles.